The van der Waals surface area contributed by atoms with Gasteiger partial charge < -0.3 is 14.5 Å². The van der Waals surface area contributed by atoms with E-state index in [-0.39, 0.29) is 23.8 Å². The van der Waals surface area contributed by atoms with Gasteiger partial charge in [-0.2, -0.15) is 0 Å². The number of carbonyl (C=O) groups excluding carboxylic acids is 2. The molecule has 25 heavy (non-hydrogen) atoms. The molecule has 1 N–H and O–H groups in total. The lowest BCUT2D eigenvalue weighted by atomic mass is 9.94. The first-order valence-electron chi connectivity index (χ1n) is 8.73. The van der Waals surface area contributed by atoms with Crippen LogP contribution in [0.5, 0.6) is 0 Å². The summed E-state index contributed by atoms with van der Waals surface area (Å²) in [7, 11) is 1.64. The van der Waals surface area contributed by atoms with Crippen LogP contribution in [-0.2, 0) is 20.7 Å². The summed E-state index contributed by atoms with van der Waals surface area (Å²) >= 11 is 1.34. The molecular formula is C16H25N5O3S. The molecule has 3 saturated heterocycles. The van der Waals surface area contributed by atoms with Gasteiger partial charge in [-0.25, -0.2) is 4.98 Å². The van der Waals surface area contributed by atoms with E-state index in [4.69, 9.17) is 4.74 Å². The number of aromatic amines is 1. The quantitative estimate of drug-likeness (QED) is 0.708. The smallest absolute Gasteiger partial charge is 0.233 e. The highest BCUT2D eigenvalue weighted by atomic mass is 32.2. The van der Waals surface area contributed by atoms with E-state index in [1.54, 1.807) is 7.11 Å². The molecule has 2 amide bonds. The van der Waals surface area contributed by atoms with E-state index in [1.807, 2.05) is 16.7 Å². The summed E-state index contributed by atoms with van der Waals surface area (Å²) in [5.74, 6) is 1.25. The summed E-state index contributed by atoms with van der Waals surface area (Å²) in [6.07, 6.45) is 2.61. The van der Waals surface area contributed by atoms with Crippen LogP contribution in [-0.4, -0.2) is 81.9 Å². The minimum Gasteiger partial charge on any atom is -0.383 e. The lowest BCUT2D eigenvalue weighted by Gasteiger charge is -2.35. The van der Waals surface area contributed by atoms with Gasteiger partial charge in [-0.3, -0.25) is 14.7 Å². The molecule has 1 aromatic heterocycles. The number of nitrogens with zero attached hydrogens (tertiary/aromatic N) is 4. The maximum absolute atomic E-state index is 12.6. The molecule has 4 rings (SSSR count). The number of methoxy groups -OCH3 is 1. The zero-order chi connectivity index (χ0) is 17.8. The van der Waals surface area contributed by atoms with Gasteiger partial charge in [0.1, 0.15) is 5.82 Å². The minimum atomic E-state index is -0.0836. The van der Waals surface area contributed by atoms with E-state index in [9.17, 15) is 9.59 Å². The van der Waals surface area contributed by atoms with Crippen molar-refractivity contribution in [3.05, 3.63) is 5.82 Å². The zero-order valence-electron chi connectivity index (χ0n) is 14.7. The fraction of sp³-hybridized carbons (Fsp3) is 0.750. The maximum Gasteiger partial charge on any atom is 0.233 e. The van der Waals surface area contributed by atoms with E-state index in [1.165, 1.54) is 11.8 Å². The van der Waals surface area contributed by atoms with Crippen molar-refractivity contribution >= 4 is 23.6 Å². The monoisotopic (exact) mass is 367 g/mol. The zero-order valence-corrected chi connectivity index (χ0v) is 15.5. The van der Waals surface area contributed by atoms with Crippen molar-refractivity contribution in [3.63, 3.8) is 0 Å². The number of piperidine rings is 1. The van der Waals surface area contributed by atoms with Crippen LogP contribution in [0.4, 0.5) is 0 Å². The Kier molecular flexibility index (Phi) is 5.95. The molecule has 4 heterocycles. The summed E-state index contributed by atoms with van der Waals surface area (Å²) in [6, 6.07) is 0.102. The Balaban J connectivity index is 1.59. The van der Waals surface area contributed by atoms with Crippen molar-refractivity contribution in [2.45, 2.75) is 37.4 Å². The summed E-state index contributed by atoms with van der Waals surface area (Å²) in [6.45, 7) is 4.26. The topological polar surface area (TPSA) is 91.4 Å². The normalized spacial score (nSPS) is 23.2. The molecule has 3 aliphatic rings. The van der Waals surface area contributed by atoms with Crippen LogP contribution < -0.4 is 0 Å². The first-order chi connectivity index (χ1) is 12.1. The number of aromatic nitrogens is 3. The molecule has 0 aliphatic carbocycles. The second-order valence-corrected chi connectivity index (χ2v) is 7.40. The van der Waals surface area contributed by atoms with Crippen molar-refractivity contribution < 1.29 is 14.3 Å². The Morgan fingerprint density at radius 2 is 2.24 bits per heavy atom. The molecule has 2 atom stereocenters. The number of aryl methyl sites for hydroxylation is 1. The molecule has 0 radical (unpaired) electrons. The first kappa shape index (κ1) is 18.2. The largest absolute Gasteiger partial charge is 0.383 e. The lowest BCUT2D eigenvalue weighted by Crippen LogP contribution is -2.49. The van der Waals surface area contributed by atoms with Crippen molar-refractivity contribution in [1.29, 1.82) is 0 Å². The summed E-state index contributed by atoms with van der Waals surface area (Å²) in [5.41, 5.74) is 0. The van der Waals surface area contributed by atoms with Gasteiger partial charge in [-0.1, -0.05) is 18.7 Å². The van der Waals surface area contributed by atoms with E-state index >= 15 is 0 Å². The van der Waals surface area contributed by atoms with Gasteiger partial charge in [0, 0.05) is 39.2 Å². The van der Waals surface area contributed by atoms with Crippen LogP contribution in [0.25, 0.3) is 0 Å². The Morgan fingerprint density at radius 3 is 2.96 bits per heavy atom. The van der Waals surface area contributed by atoms with Gasteiger partial charge in [-0.15, -0.1) is 5.10 Å². The first-order valence-corrected chi connectivity index (χ1v) is 9.72. The molecule has 0 aromatic carbocycles. The highest BCUT2D eigenvalue weighted by Gasteiger charge is 2.41. The Labute approximate surface area is 151 Å². The lowest BCUT2D eigenvalue weighted by molar-refractivity contribution is -0.140. The average Bonchev–Trinajstić information content (AvgIpc) is 2.91. The SMILES string of the molecule is CCc1nc(SCC(=O)N2C[C@@H]3CC[C@H](C2)N(CCOC)C3=O)n[nH]1. The highest BCUT2D eigenvalue weighted by molar-refractivity contribution is 7.99. The van der Waals surface area contributed by atoms with Crippen LogP contribution in [0.2, 0.25) is 0 Å². The predicted octanol–water partition coefficient (Wildman–Crippen LogP) is 0.555. The second-order valence-electron chi connectivity index (χ2n) is 6.46. The number of hydrogen-bond acceptors (Lipinski definition) is 6. The third-order valence-corrected chi connectivity index (χ3v) is 5.69. The Morgan fingerprint density at radius 1 is 1.40 bits per heavy atom. The van der Waals surface area contributed by atoms with Crippen LogP contribution in [0.3, 0.4) is 0 Å². The molecule has 9 heteroatoms. The number of carbonyl (C=O) groups is 2. The Bertz CT molecular complexity index is 623. The molecule has 8 nitrogen and oxygen atoms in total. The molecule has 1 aromatic rings. The van der Waals surface area contributed by atoms with Gasteiger partial charge in [0.15, 0.2) is 0 Å². The van der Waals surface area contributed by atoms with Crippen LogP contribution >= 0.6 is 11.8 Å². The number of amides is 2. The number of fused-ring (bicyclic) bond motifs is 4. The van der Waals surface area contributed by atoms with Crippen molar-refractivity contribution in [1.82, 2.24) is 25.0 Å². The molecule has 0 spiro atoms. The summed E-state index contributed by atoms with van der Waals surface area (Å²) in [4.78, 5) is 33.3. The third-order valence-electron chi connectivity index (χ3n) is 4.85. The fourth-order valence-electron chi connectivity index (χ4n) is 3.45. The summed E-state index contributed by atoms with van der Waals surface area (Å²) < 4.78 is 5.12. The van der Waals surface area contributed by atoms with E-state index < -0.39 is 0 Å². The van der Waals surface area contributed by atoms with E-state index in [0.717, 1.165) is 25.1 Å². The van der Waals surface area contributed by atoms with E-state index in [2.05, 4.69) is 15.2 Å². The van der Waals surface area contributed by atoms with Crippen molar-refractivity contribution in [2.75, 3.05) is 39.1 Å². The number of ether oxygens (including phenoxy) is 1. The van der Waals surface area contributed by atoms with Crippen LogP contribution in [0.15, 0.2) is 5.16 Å². The van der Waals surface area contributed by atoms with Gasteiger partial charge in [0.25, 0.3) is 0 Å². The van der Waals surface area contributed by atoms with Crippen LogP contribution in [0.1, 0.15) is 25.6 Å². The molecule has 3 fully saturated rings. The number of rotatable bonds is 7. The standard InChI is InChI=1S/C16H25N5O3S/c1-3-13-17-16(19-18-13)25-10-14(22)20-8-11-4-5-12(9-20)21(15(11)23)6-7-24-2/h11-12H,3-10H2,1-2H3,(H,17,18,19)/t11-,12+/m0/s1. The second kappa shape index (κ2) is 8.18. The molecular weight excluding hydrogens is 342 g/mol. The van der Waals surface area contributed by atoms with E-state index in [0.29, 0.717) is 37.2 Å². The van der Waals surface area contributed by atoms with Gasteiger partial charge in [0.05, 0.1) is 18.3 Å². The molecule has 0 unspecified atom stereocenters. The van der Waals surface area contributed by atoms with Gasteiger partial charge in [-0.05, 0) is 12.8 Å². The van der Waals surface area contributed by atoms with Crippen molar-refractivity contribution in [3.8, 4) is 0 Å². The number of nitrogens with one attached hydrogen (secondary N) is 1. The van der Waals surface area contributed by atoms with Crippen LogP contribution in [0, 0.1) is 5.92 Å². The Hall–Kier alpha value is -1.61. The third kappa shape index (κ3) is 4.14. The fourth-order valence-corrected chi connectivity index (χ4v) is 4.17. The minimum absolute atomic E-state index is 0.0474. The maximum atomic E-state index is 12.6. The van der Waals surface area contributed by atoms with Crippen molar-refractivity contribution in [2.24, 2.45) is 5.92 Å². The predicted molar refractivity (Wildman–Crippen MR) is 93.2 cm³/mol. The number of hydrogen-bond donors (Lipinski definition) is 1. The molecule has 3 aliphatic heterocycles. The number of thioether (sulfide) groups is 1. The molecule has 138 valence electrons. The summed E-state index contributed by atoms with van der Waals surface area (Å²) in [5, 5.41) is 7.55. The highest BCUT2D eigenvalue weighted by Crippen LogP contribution is 2.29. The molecule has 2 bridgehead atoms. The number of H-pyrrole nitrogens is 1. The van der Waals surface area contributed by atoms with Gasteiger partial charge >= 0.3 is 0 Å². The average molecular weight is 367 g/mol. The molecule has 0 saturated carbocycles. The van der Waals surface area contributed by atoms with Gasteiger partial charge in [0.2, 0.25) is 17.0 Å².